The molecule has 1 aliphatic carbocycles. The van der Waals surface area contributed by atoms with Crippen LogP contribution < -0.4 is 5.32 Å². The summed E-state index contributed by atoms with van der Waals surface area (Å²) in [6, 6.07) is 0. The molecule has 2 aliphatic heterocycles. The van der Waals surface area contributed by atoms with Gasteiger partial charge in [-0.15, -0.1) is 0 Å². The van der Waals surface area contributed by atoms with Gasteiger partial charge in [0.1, 0.15) is 5.66 Å². The molecule has 3 nitrogen and oxygen atoms in total. The Labute approximate surface area is 67.3 Å². The fourth-order valence-electron chi connectivity index (χ4n) is 2.75. The third-order valence-electron chi connectivity index (χ3n) is 3.39. The molecule has 0 aromatic heterocycles. The summed E-state index contributed by atoms with van der Waals surface area (Å²) < 4.78 is 0. The lowest BCUT2D eigenvalue weighted by Gasteiger charge is -2.22. The fourth-order valence-corrected chi connectivity index (χ4v) is 2.75. The highest BCUT2D eigenvalue weighted by Gasteiger charge is 2.62. The normalized spacial score (nSPS) is 45.8. The summed E-state index contributed by atoms with van der Waals surface area (Å²) in [7, 11) is 0. The minimum Gasteiger partial charge on any atom is -0.289 e. The summed E-state index contributed by atoms with van der Waals surface area (Å²) in [4.78, 5) is 0. The summed E-state index contributed by atoms with van der Waals surface area (Å²) in [6.45, 7) is 2.19. The number of nitrogens with one attached hydrogen (secondary N) is 1. The Morgan fingerprint density at radius 2 is 1.55 bits per heavy atom. The number of hydrogen-bond acceptors (Lipinski definition) is 3. The molecular weight excluding hydrogens is 138 g/mol. The van der Waals surface area contributed by atoms with Gasteiger partial charge in [-0.3, -0.25) is 5.32 Å². The maximum absolute atomic E-state index is 3.35. The Bertz CT molecular complexity index is 162. The molecule has 3 heteroatoms. The molecule has 1 N–H and O–H groups in total. The number of hydrazine groups is 1. The second kappa shape index (κ2) is 1.97. The molecule has 0 radical (unpaired) electrons. The van der Waals surface area contributed by atoms with E-state index in [1.807, 2.05) is 0 Å². The highest BCUT2D eigenvalue weighted by molar-refractivity contribution is 5.04. The van der Waals surface area contributed by atoms with Gasteiger partial charge in [-0.05, 0) is 12.8 Å². The average molecular weight is 153 g/mol. The largest absolute Gasteiger partial charge is 0.289 e. The zero-order valence-corrected chi connectivity index (χ0v) is 6.84. The van der Waals surface area contributed by atoms with Crippen LogP contribution in [0.15, 0.2) is 0 Å². The fraction of sp³-hybridized carbons (Fsp3) is 1.00. The lowest BCUT2D eigenvalue weighted by molar-refractivity contribution is 0.284. The maximum Gasteiger partial charge on any atom is 0.103 e. The monoisotopic (exact) mass is 153 g/mol. The molecular formula is C8H15N3. The van der Waals surface area contributed by atoms with Gasteiger partial charge in [0, 0.05) is 0 Å². The summed E-state index contributed by atoms with van der Waals surface area (Å²) in [6.07, 6.45) is 7.15. The van der Waals surface area contributed by atoms with Crippen LogP contribution in [0.5, 0.6) is 0 Å². The first-order valence-electron chi connectivity index (χ1n) is 4.69. The van der Waals surface area contributed by atoms with Crippen LogP contribution in [0, 0.1) is 0 Å². The van der Waals surface area contributed by atoms with Gasteiger partial charge in [-0.2, -0.15) is 0 Å². The summed E-state index contributed by atoms with van der Waals surface area (Å²) in [5, 5.41) is 8.36. The van der Waals surface area contributed by atoms with Gasteiger partial charge in [0.2, 0.25) is 0 Å². The van der Waals surface area contributed by atoms with E-state index >= 15 is 0 Å². The van der Waals surface area contributed by atoms with Crippen LogP contribution in [0.2, 0.25) is 0 Å². The molecule has 3 aliphatic rings. The van der Waals surface area contributed by atoms with Gasteiger partial charge in [0.15, 0.2) is 0 Å². The Kier molecular flexibility index (Phi) is 1.15. The highest BCUT2D eigenvalue weighted by Crippen LogP contribution is 2.50. The molecule has 2 heterocycles. The van der Waals surface area contributed by atoms with Gasteiger partial charge in [0.25, 0.3) is 0 Å². The first-order chi connectivity index (χ1) is 5.43. The molecule has 0 aromatic rings. The molecule has 2 unspecified atom stereocenters. The zero-order chi connectivity index (χ0) is 7.31. The van der Waals surface area contributed by atoms with Crippen molar-refractivity contribution in [2.24, 2.45) is 0 Å². The molecule has 11 heavy (non-hydrogen) atoms. The lowest BCUT2D eigenvalue weighted by Crippen LogP contribution is -2.33. The smallest absolute Gasteiger partial charge is 0.103 e. The third-order valence-corrected chi connectivity index (χ3v) is 3.39. The zero-order valence-electron chi connectivity index (χ0n) is 6.84. The van der Waals surface area contributed by atoms with E-state index in [1.54, 1.807) is 0 Å². The van der Waals surface area contributed by atoms with Gasteiger partial charge in [-0.25, -0.2) is 10.0 Å². The quantitative estimate of drug-likeness (QED) is 0.517. The van der Waals surface area contributed by atoms with Crippen molar-refractivity contribution in [1.29, 1.82) is 0 Å². The van der Waals surface area contributed by atoms with Crippen molar-refractivity contribution in [3.8, 4) is 0 Å². The summed E-state index contributed by atoms with van der Waals surface area (Å²) in [5.41, 5.74) is 0.545. The van der Waals surface area contributed by atoms with Gasteiger partial charge in [0.05, 0.1) is 13.3 Å². The van der Waals surface area contributed by atoms with E-state index in [0.717, 1.165) is 13.3 Å². The average Bonchev–Trinajstić information content (AvgIpc) is 2.54. The van der Waals surface area contributed by atoms with E-state index in [9.17, 15) is 0 Å². The van der Waals surface area contributed by atoms with Crippen LogP contribution >= 0.6 is 0 Å². The molecule has 2 atom stereocenters. The second-order valence-corrected chi connectivity index (χ2v) is 3.91. The molecule has 1 saturated carbocycles. The summed E-state index contributed by atoms with van der Waals surface area (Å²) >= 11 is 0. The van der Waals surface area contributed by atoms with Crippen molar-refractivity contribution in [2.75, 3.05) is 13.3 Å². The van der Waals surface area contributed by atoms with Crippen molar-refractivity contribution in [1.82, 2.24) is 15.3 Å². The van der Waals surface area contributed by atoms with Crippen LogP contribution in [0.4, 0.5) is 0 Å². The SMILES string of the molecule is C1CCC2(CC1)N1CNCN12. The minimum atomic E-state index is 0.545. The highest BCUT2D eigenvalue weighted by atomic mass is 15.9. The van der Waals surface area contributed by atoms with E-state index in [2.05, 4.69) is 15.3 Å². The van der Waals surface area contributed by atoms with Crippen LogP contribution in [0.25, 0.3) is 0 Å². The summed E-state index contributed by atoms with van der Waals surface area (Å²) in [5.74, 6) is 0. The van der Waals surface area contributed by atoms with Crippen molar-refractivity contribution in [3.63, 3.8) is 0 Å². The number of rotatable bonds is 0. The molecule has 3 rings (SSSR count). The molecule has 62 valence electrons. The van der Waals surface area contributed by atoms with Crippen LogP contribution in [-0.2, 0) is 0 Å². The van der Waals surface area contributed by atoms with E-state index in [1.165, 1.54) is 32.1 Å². The Morgan fingerprint density at radius 3 is 2.18 bits per heavy atom. The Morgan fingerprint density at radius 1 is 0.909 bits per heavy atom. The van der Waals surface area contributed by atoms with Crippen molar-refractivity contribution in [3.05, 3.63) is 0 Å². The standard InChI is InChI=1S/C8H15N3/c1-2-4-8(5-3-1)10-6-9-7-11(8)10/h9H,1-7H2. The first-order valence-corrected chi connectivity index (χ1v) is 4.69. The van der Waals surface area contributed by atoms with E-state index in [-0.39, 0.29) is 0 Å². The third kappa shape index (κ3) is 0.687. The molecule has 0 aromatic carbocycles. The van der Waals surface area contributed by atoms with Gasteiger partial charge < -0.3 is 0 Å². The lowest BCUT2D eigenvalue weighted by atomic mass is 9.92. The maximum atomic E-state index is 3.35. The molecule has 2 saturated heterocycles. The van der Waals surface area contributed by atoms with Crippen molar-refractivity contribution in [2.45, 2.75) is 37.8 Å². The Hall–Kier alpha value is -0.120. The van der Waals surface area contributed by atoms with Gasteiger partial charge in [-0.1, -0.05) is 19.3 Å². The predicted octanol–water partition coefficient (Wildman–Crippen LogP) is 0.698. The minimum absolute atomic E-state index is 0.545. The van der Waals surface area contributed by atoms with Crippen LogP contribution in [-0.4, -0.2) is 29.0 Å². The molecule has 3 fully saturated rings. The van der Waals surface area contributed by atoms with Crippen LogP contribution in [0.3, 0.4) is 0 Å². The predicted molar refractivity (Wildman–Crippen MR) is 42.4 cm³/mol. The molecule has 1 spiro atoms. The van der Waals surface area contributed by atoms with Crippen LogP contribution in [0.1, 0.15) is 32.1 Å². The van der Waals surface area contributed by atoms with Crippen molar-refractivity contribution < 1.29 is 0 Å². The topological polar surface area (TPSA) is 18.0 Å². The van der Waals surface area contributed by atoms with E-state index in [0.29, 0.717) is 5.66 Å². The van der Waals surface area contributed by atoms with E-state index < -0.39 is 0 Å². The number of hydrogen-bond donors (Lipinski definition) is 1. The number of fused-ring (bicyclic) bond motifs is 3. The second-order valence-electron chi connectivity index (χ2n) is 3.91. The Balaban J connectivity index is 1.77. The number of nitrogens with zero attached hydrogens (tertiary/aromatic N) is 2. The van der Waals surface area contributed by atoms with Crippen molar-refractivity contribution >= 4 is 0 Å². The molecule has 0 bridgehead atoms. The first kappa shape index (κ1) is 6.40. The van der Waals surface area contributed by atoms with E-state index in [4.69, 9.17) is 0 Å². The van der Waals surface area contributed by atoms with Gasteiger partial charge >= 0.3 is 0 Å². The molecule has 0 amide bonds.